The Morgan fingerprint density at radius 3 is 2.78 bits per heavy atom. The molecule has 1 unspecified atom stereocenters. The highest BCUT2D eigenvalue weighted by Crippen LogP contribution is 2.33. The maximum absolute atomic E-state index is 9.90. The summed E-state index contributed by atoms with van der Waals surface area (Å²) in [6, 6.07) is 3.24. The zero-order valence-corrected chi connectivity index (χ0v) is 11.5. The van der Waals surface area contributed by atoms with E-state index in [1.165, 1.54) is 7.11 Å². The monoisotopic (exact) mass is 273 g/mol. The molecule has 0 aliphatic carbocycles. The summed E-state index contributed by atoms with van der Waals surface area (Å²) < 4.78 is 5.02. The number of methoxy groups -OCH3 is 1. The fraction of sp³-hybridized carbons (Fsp3) is 0.538. The number of phenols is 1. The fourth-order valence-electron chi connectivity index (χ4n) is 1.73. The highest BCUT2D eigenvalue weighted by Gasteiger charge is 2.10. The van der Waals surface area contributed by atoms with Crippen molar-refractivity contribution in [2.75, 3.05) is 13.7 Å². The Labute approximate surface area is 113 Å². The number of rotatable bonds is 7. The van der Waals surface area contributed by atoms with Gasteiger partial charge in [-0.05, 0) is 12.5 Å². The molecule has 0 aliphatic heterocycles. The van der Waals surface area contributed by atoms with Gasteiger partial charge in [0.25, 0.3) is 0 Å². The number of nitrogens with one attached hydrogen (secondary N) is 1. The van der Waals surface area contributed by atoms with Crippen LogP contribution in [0, 0.1) is 0 Å². The maximum Gasteiger partial charge on any atom is 0.162 e. The Morgan fingerprint density at radius 1 is 1.44 bits per heavy atom. The molecule has 0 heterocycles. The normalized spacial score (nSPS) is 12.4. The van der Waals surface area contributed by atoms with E-state index in [-0.39, 0.29) is 11.9 Å². The van der Waals surface area contributed by atoms with Crippen LogP contribution in [0.5, 0.6) is 11.5 Å². The molecular formula is C13H20ClNO3. The highest BCUT2D eigenvalue weighted by atomic mass is 35.5. The molecule has 4 nitrogen and oxygen atoms in total. The van der Waals surface area contributed by atoms with Gasteiger partial charge in [-0.25, -0.2) is 0 Å². The molecule has 18 heavy (non-hydrogen) atoms. The van der Waals surface area contributed by atoms with Gasteiger partial charge >= 0.3 is 0 Å². The number of aromatic hydroxyl groups is 1. The van der Waals surface area contributed by atoms with Gasteiger partial charge in [-0.15, -0.1) is 0 Å². The van der Waals surface area contributed by atoms with E-state index in [0.717, 1.165) is 12.8 Å². The molecule has 3 N–H and O–H groups in total. The van der Waals surface area contributed by atoms with Crippen molar-refractivity contribution in [1.29, 1.82) is 0 Å². The van der Waals surface area contributed by atoms with Crippen LogP contribution in [0.2, 0.25) is 5.02 Å². The maximum atomic E-state index is 9.90. The molecule has 1 aromatic carbocycles. The van der Waals surface area contributed by atoms with Gasteiger partial charge in [0.1, 0.15) is 0 Å². The van der Waals surface area contributed by atoms with Gasteiger partial charge in [0.2, 0.25) is 0 Å². The number of aliphatic hydroxyl groups excluding tert-OH is 1. The lowest BCUT2D eigenvalue weighted by Gasteiger charge is -2.13. The van der Waals surface area contributed by atoms with Gasteiger partial charge < -0.3 is 20.3 Å². The van der Waals surface area contributed by atoms with E-state index < -0.39 is 0 Å². The summed E-state index contributed by atoms with van der Waals surface area (Å²) in [5.41, 5.74) is 0.656. The molecule has 1 rings (SSSR count). The third kappa shape index (κ3) is 4.37. The molecule has 0 amide bonds. The van der Waals surface area contributed by atoms with Crippen molar-refractivity contribution in [3.63, 3.8) is 0 Å². The van der Waals surface area contributed by atoms with Gasteiger partial charge in [0.15, 0.2) is 11.5 Å². The zero-order chi connectivity index (χ0) is 13.5. The van der Waals surface area contributed by atoms with Crippen LogP contribution in [0.1, 0.15) is 25.3 Å². The summed E-state index contributed by atoms with van der Waals surface area (Å²) >= 11 is 5.92. The van der Waals surface area contributed by atoms with Gasteiger partial charge in [-0.3, -0.25) is 0 Å². The van der Waals surface area contributed by atoms with Crippen molar-refractivity contribution in [2.24, 2.45) is 0 Å². The number of phenolic OH excluding ortho intramolecular Hbond substituents is 1. The predicted octanol–water partition coefficient (Wildman–Crippen LogP) is 2.30. The molecule has 102 valence electrons. The molecule has 0 radical (unpaired) electrons. The number of hydrogen-bond donors (Lipinski definition) is 3. The van der Waals surface area contributed by atoms with Crippen LogP contribution in [0.25, 0.3) is 0 Å². The Balaban J connectivity index is 2.59. The molecule has 0 aliphatic rings. The Morgan fingerprint density at radius 2 is 2.17 bits per heavy atom. The van der Waals surface area contributed by atoms with Crippen LogP contribution in [0.4, 0.5) is 0 Å². The Hall–Kier alpha value is -0.970. The molecule has 1 atom stereocenters. The first-order valence-electron chi connectivity index (χ1n) is 6.02. The predicted molar refractivity (Wildman–Crippen MR) is 72.3 cm³/mol. The first-order valence-corrected chi connectivity index (χ1v) is 6.40. The van der Waals surface area contributed by atoms with Crippen molar-refractivity contribution in [3.05, 3.63) is 22.7 Å². The Kier molecular flexibility index (Phi) is 6.25. The third-order valence-corrected chi connectivity index (χ3v) is 2.87. The van der Waals surface area contributed by atoms with Crippen molar-refractivity contribution in [2.45, 2.75) is 32.4 Å². The fourth-order valence-corrected chi connectivity index (χ4v) is 1.96. The highest BCUT2D eigenvalue weighted by molar-refractivity contribution is 6.30. The second-order valence-electron chi connectivity index (χ2n) is 4.19. The average Bonchev–Trinajstić information content (AvgIpc) is 2.33. The Bertz CT molecular complexity index is 385. The van der Waals surface area contributed by atoms with E-state index >= 15 is 0 Å². The second kappa shape index (κ2) is 7.46. The number of ether oxygens (including phenoxy) is 1. The average molecular weight is 274 g/mol. The second-order valence-corrected chi connectivity index (χ2v) is 4.63. The van der Waals surface area contributed by atoms with Crippen LogP contribution < -0.4 is 10.1 Å². The molecule has 0 bridgehead atoms. The minimum Gasteiger partial charge on any atom is -0.504 e. The minimum atomic E-state index is -0.363. The summed E-state index contributed by atoms with van der Waals surface area (Å²) in [5.74, 6) is 0.438. The largest absolute Gasteiger partial charge is 0.504 e. The van der Waals surface area contributed by atoms with E-state index in [1.54, 1.807) is 12.1 Å². The number of halogens is 1. The zero-order valence-electron chi connectivity index (χ0n) is 10.7. The first kappa shape index (κ1) is 15.1. The van der Waals surface area contributed by atoms with E-state index in [4.69, 9.17) is 16.3 Å². The van der Waals surface area contributed by atoms with Gasteiger partial charge in [0.05, 0.1) is 13.2 Å². The third-order valence-electron chi connectivity index (χ3n) is 2.66. The smallest absolute Gasteiger partial charge is 0.162 e. The molecule has 1 aromatic rings. The van der Waals surface area contributed by atoms with Crippen LogP contribution in [-0.2, 0) is 6.54 Å². The molecule has 0 fully saturated rings. The summed E-state index contributed by atoms with van der Waals surface area (Å²) in [6.45, 7) is 2.95. The molecule has 0 spiro atoms. The minimum absolute atomic E-state index is 0.0828. The molecular weight excluding hydrogens is 254 g/mol. The SMILES string of the molecule is CCCC(O)CNCc1cc(Cl)cc(OC)c1O. The number of aliphatic hydroxyl groups is 1. The lowest BCUT2D eigenvalue weighted by Crippen LogP contribution is -2.26. The molecule has 0 saturated carbocycles. The van der Waals surface area contributed by atoms with Crippen molar-refractivity contribution in [1.82, 2.24) is 5.32 Å². The van der Waals surface area contributed by atoms with E-state index in [2.05, 4.69) is 5.32 Å². The summed E-state index contributed by atoms with van der Waals surface area (Å²) in [5, 5.41) is 23.1. The molecule has 5 heteroatoms. The lowest BCUT2D eigenvalue weighted by molar-refractivity contribution is 0.160. The summed E-state index contributed by atoms with van der Waals surface area (Å²) in [7, 11) is 1.48. The number of benzene rings is 1. The van der Waals surface area contributed by atoms with E-state index in [9.17, 15) is 10.2 Å². The van der Waals surface area contributed by atoms with Gasteiger partial charge in [0, 0.05) is 29.7 Å². The topological polar surface area (TPSA) is 61.7 Å². The molecule has 0 saturated heterocycles. The number of hydrogen-bond acceptors (Lipinski definition) is 4. The van der Waals surface area contributed by atoms with Crippen LogP contribution >= 0.6 is 11.6 Å². The van der Waals surface area contributed by atoms with Crippen molar-refractivity contribution in [3.8, 4) is 11.5 Å². The molecule has 0 aromatic heterocycles. The van der Waals surface area contributed by atoms with E-state index in [0.29, 0.717) is 29.4 Å². The van der Waals surface area contributed by atoms with Crippen LogP contribution in [0.3, 0.4) is 0 Å². The van der Waals surface area contributed by atoms with Crippen LogP contribution in [-0.4, -0.2) is 30.0 Å². The van der Waals surface area contributed by atoms with Crippen LogP contribution in [0.15, 0.2) is 12.1 Å². The van der Waals surface area contributed by atoms with Gasteiger partial charge in [-0.2, -0.15) is 0 Å². The van der Waals surface area contributed by atoms with Crippen molar-refractivity contribution < 1.29 is 14.9 Å². The first-order chi connectivity index (χ1) is 8.58. The summed E-state index contributed by atoms with van der Waals surface area (Å²) in [6.07, 6.45) is 1.34. The van der Waals surface area contributed by atoms with Gasteiger partial charge in [-0.1, -0.05) is 24.9 Å². The summed E-state index contributed by atoms with van der Waals surface area (Å²) in [4.78, 5) is 0. The lowest BCUT2D eigenvalue weighted by atomic mass is 10.1. The van der Waals surface area contributed by atoms with E-state index in [1.807, 2.05) is 6.92 Å². The van der Waals surface area contributed by atoms with Crippen molar-refractivity contribution >= 4 is 11.6 Å². The quantitative estimate of drug-likeness (QED) is 0.713. The standard InChI is InChI=1S/C13H20ClNO3/c1-3-4-11(16)8-15-7-9-5-10(14)6-12(18-2)13(9)17/h5-6,11,15-17H,3-4,7-8H2,1-2H3.